The lowest BCUT2D eigenvalue weighted by atomic mass is 9.92. The van der Waals surface area contributed by atoms with Gasteiger partial charge in [0.15, 0.2) is 11.2 Å². The molecule has 0 aliphatic rings. The summed E-state index contributed by atoms with van der Waals surface area (Å²) in [6, 6.07) is 60.5. The van der Waals surface area contributed by atoms with Crippen LogP contribution in [0.3, 0.4) is 0 Å². The van der Waals surface area contributed by atoms with E-state index < -0.39 is 0 Å². The maximum atomic E-state index is 6.18. The van der Waals surface area contributed by atoms with E-state index in [1.807, 2.05) is 36.7 Å². The van der Waals surface area contributed by atoms with Crippen LogP contribution in [0.1, 0.15) is 0 Å². The molecule has 6 aromatic heterocycles. The van der Waals surface area contributed by atoms with Gasteiger partial charge in [-0.25, -0.2) is 0 Å². The number of rotatable bonds is 4. The van der Waals surface area contributed by atoms with Gasteiger partial charge in [0.25, 0.3) is 0 Å². The summed E-state index contributed by atoms with van der Waals surface area (Å²) in [4.78, 5) is 9.37. The van der Waals surface area contributed by atoms with Gasteiger partial charge >= 0.3 is 0 Å². The number of para-hydroxylation sites is 2. The normalized spacial score (nSPS) is 12.1. The Bertz CT molecular complexity index is 3810. The molecule has 0 unspecified atom stereocenters. The highest BCUT2D eigenvalue weighted by atomic mass is 16.3. The minimum Gasteiger partial charge on any atom is -0.454 e. The molecule has 13 rings (SSSR count). The predicted octanol–water partition coefficient (Wildman–Crippen LogP) is 13.8. The third-order valence-corrected chi connectivity index (χ3v) is 11.8. The van der Waals surface area contributed by atoms with E-state index in [-0.39, 0.29) is 0 Å². The van der Waals surface area contributed by atoms with Gasteiger partial charge in [-0.15, -0.1) is 0 Å². The summed E-state index contributed by atoms with van der Waals surface area (Å²) in [5, 5.41) is 6.78. The van der Waals surface area contributed by atoms with Crippen molar-refractivity contribution in [1.82, 2.24) is 19.1 Å². The van der Waals surface area contributed by atoms with Crippen molar-refractivity contribution in [3.8, 4) is 33.6 Å². The molecule has 0 aliphatic heterocycles. The number of furan rings is 2. The predicted molar refractivity (Wildman–Crippen MR) is 236 cm³/mol. The summed E-state index contributed by atoms with van der Waals surface area (Å²) in [5.41, 5.74) is 16.3. The monoisotopic (exact) mass is 742 g/mol. The van der Waals surface area contributed by atoms with Crippen LogP contribution in [0.2, 0.25) is 0 Å². The summed E-state index contributed by atoms with van der Waals surface area (Å²) in [6.07, 6.45) is 3.65. The minimum atomic E-state index is 0.788. The highest BCUT2D eigenvalue weighted by molar-refractivity contribution is 6.15. The van der Waals surface area contributed by atoms with Crippen molar-refractivity contribution in [2.24, 2.45) is 0 Å². The zero-order valence-electron chi connectivity index (χ0n) is 30.9. The van der Waals surface area contributed by atoms with Crippen molar-refractivity contribution < 1.29 is 8.83 Å². The van der Waals surface area contributed by atoms with Gasteiger partial charge in [-0.1, -0.05) is 78.9 Å². The van der Waals surface area contributed by atoms with Crippen molar-refractivity contribution in [3.63, 3.8) is 0 Å². The first-order valence-electron chi connectivity index (χ1n) is 19.5. The lowest BCUT2D eigenvalue weighted by molar-refractivity contribution is 0.667. The highest BCUT2D eigenvalue weighted by Crippen LogP contribution is 2.43. The second-order valence-corrected chi connectivity index (χ2v) is 15.0. The Morgan fingerprint density at radius 2 is 0.862 bits per heavy atom. The molecule has 0 aliphatic carbocycles. The van der Waals surface area contributed by atoms with Gasteiger partial charge in [0.1, 0.15) is 22.2 Å². The Balaban J connectivity index is 1.08. The van der Waals surface area contributed by atoms with E-state index in [9.17, 15) is 0 Å². The molecule has 6 nitrogen and oxygen atoms in total. The van der Waals surface area contributed by atoms with Crippen LogP contribution >= 0.6 is 0 Å². The van der Waals surface area contributed by atoms with Gasteiger partial charge < -0.3 is 18.0 Å². The molecule has 270 valence electrons. The minimum absolute atomic E-state index is 0.788. The van der Waals surface area contributed by atoms with Crippen LogP contribution in [0.15, 0.2) is 191 Å². The Morgan fingerprint density at radius 1 is 0.328 bits per heavy atom. The number of fused-ring (bicyclic) bond motifs is 12. The first-order chi connectivity index (χ1) is 28.7. The van der Waals surface area contributed by atoms with Crippen molar-refractivity contribution in [3.05, 3.63) is 182 Å². The number of hydrogen-bond acceptors (Lipinski definition) is 4. The lowest BCUT2D eigenvalue weighted by Gasteiger charge is -2.15. The number of nitrogens with zero attached hydrogens (tertiary/aromatic N) is 4. The SMILES string of the molecule is c1ccc(-c2cc3c(cc2-c2ccc4c5ccccc5n(-c5ccc6oc7cccnc7c6c5)c4c2)c2ccccc2n3-c2ccc3oc4cccnc4c3c2)cc1. The Hall–Kier alpha value is -7.96. The number of benzene rings is 7. The van der Waals surface area contributed by atoms with Crippen LogP contribution in [0.5, 0.6) is 0 Å². The fraction of sp³-hybridized carbons (Fsp3) is 0. The van der Waals surface area contributed by atoms with Crippen LogP contribution in [0, 0.1) is 0 Å². The van der Waals surface area contributed by atoms with Crippen LogP contribution in [0.25, 0.3) is 121 Å². The highest BCUT2D eigenvalue weighted by Gasteiger charge is 2.21. The Morgan fingerprint density at radius 3 is 1.50 bits per heavy atom. The van der Waals surface area contributed by atoms with Crippen LogP contribution in [-0.4, -0.2) is 19.1 Å². The molecule has 7 aromatic carbocycles. The number of hydrogen-bond donors (Lipinski definition) is 0. The summed E-state index contributed by atoms with van der Waals surface area (Å²) in [6.45, 7) is 0. The second-order valence-electron chi connectivity index (χ2n) is 15.0. The Kier molecular flexibility index (Phi) is 6.35. The smallest absolute Gasteiger partial charge is 0.153 e. The molecule has 0 radical (unpaired) electrons. The van der Waals surface area contributed by atoms with E-state index in [2.05, 4.69) is 165 Å². The molecule has 6 heteroatoms. The lowest BCUT2D eigenvalue weighted by Crippen LogP contribution is -1.95. The van der Waals surface area contributed by atoms with Gasteiger partial charge in [0.2, 0.25) is 0 Å². The summed E-state index contributed by atoms with van der Waals surface area (Å²) >= 11 is 0. The third kappa shape index (κ3) is 4.42. The van der Waals surface area contributed by atoms with Crippen molar-refractivity contribution in [1.29, 1.82) is 0 Å². The molecular weight excluding hydrogens is 713 g/mol. The van der Waals surface area contributed by atoms with Crippen molar-refractivity contribution in [2.45, 2.75) is 0 Å². The molecule has 0 atom stereocenters. The maximum absolute atomic E-state index is 6.18. The fourth-order valence-corrected chi connectivity index (χ4v) is 9.25. The quantitative estimate of drug-likeness (QED) is 0.180. The van der Waals surface area contributed by atoms with Crippen LogP contribution in [-0.2, 0) is 0 Å². The molecule has 0 saturated heterocycles. The third-order valence-electron chi connectivity index (χ3n) is 11.8. The van der Waals surface area contributed by atoms with Gasteiger partial charge in [0.05, 0.1) is 22.1 Å². The molecule has 0 saturated carbocycles. The molecule has 13 aromatic rings. The van der Waals surface area contributed by atoms with Crippen LogP contribution in [0.4, 0.5) is 0 Å². The molecule has 6 heterocycles. The standard InChI is InChI=1S/C52H30N4O2/c1-2-10-31(11-3-1)39-30-46-40(36-13-5-7-15-44(36)56(46)34-20-23-48-42(28-34)52-50(58-48)17-9-25-54-52)29-38(39)32-18-21-37-35-12-4-6-14-43(35)55(45(37)26-32)33-19-22-47-41(27-33)51-49(57-47)16-8-24-53-51/h1-30H. The first kappa shape index (κ1) is 31.3. The molecule has 0 bridgehead atoms. The molecule has 0 amide bonds. The topological polar surface area (TPSA) is 61.9 Å². The van der Waals surface area contributed by atoms with E-state index in [0.29, 0.717) is 0 Å². The molecular formula is C52H30N4O2. The molecule has 0 spiro atoms. The molecule has 58 heavy (non-hydrogen) atoms. The van der Waals surface area contributed by atoms with Gasteiger partial charge in [-0.05, 0) is 113 Å². The van der Waals surface area contributed by atoms with Gasteiger partial charge in [0, 0.05) is 56.1 Å². The second kappa shape index (κ2) is 11.8. The summed E-state index contributed by atoms with van der Waals surface area (Å²) in [5.74, 6) is 0. The van der Waals surface area contributed by atoms with E-state index in [4.69, 9.17) is 8.83 Å². The zero-order valence-corrected chi connectivity index (χ0v) is 30.9. The number of pyridine rings is 2. The van der Waals surface area contributed by atoms with E-state index >= 15 is 0 Å². The fourth-order valence-electron chi connectivity index (χ4n) is 9.25. The zero-order chi connectivity index (χ0) is 37.9. The summed E-state index contributed by atoms with van der Waals surface area (Å²) in [7, 11) is 0. The van der Waals surface area contributed by atoms with E-state index in [0.717, 1.165) is 94.3 Å². The van der Waals surface area contributed by atoms with E-state index in [1.54, 1.807) is 0 Å². The van der Waals surface area contributed by atoms with Gasteiger partial charge in [-0.2, -0.15) is 0 Å². The van der Waals surface area contributed by atoms with Crippen molar-refractivity contribution >= 4 is 87.7 Å². The summed E-state index contributed by atoms with van der Waals surface area (Å²) < 4.78 is 17.1. The average Bonchev–Trinajstić information content (AvgIpc) is 4.03. The largest absolute Gasteiger partial charge is 0.454 e. The van der Waals surface area contributed by atoms with Crippen molar-refractivity contribution in [2.75, 3.05) is 0 Å². The maximum Gasteiger partial charge on any atom is 0.153 e. The van der Waals surface area contributed by atoms with Crippen LogP contribution < -0.4 is 0 Å². The molecule has 0 N–H and O–H groups in total. The molecule has 0 fully saturated rings. The average molecular weight is 743 g/mol. The first-order valence-corrected chi connectivity index (χ1v) is 19.5. The number of aromatic nitrogens is 4. The van der Waals surface area contributed by atoms with E-state index in [1.165, 1.54) is 27.1 Å². The Labute approximate surface area is 330 Å². The van der Waals surface area contributed by atoms with Gasteiger partial charge in [-0.3, -0.25) is 9.97 Å².